The van der Waals surface area contributed by atoms with Crippen LogP contribution in [-0.4, -0.2) is 70.9 Å². The molecule has 12 heteroatoms. The topological polar surface area (TPSA) is 115 Å². The number of piperazine rings is 1. The van der Waals surface area contributed by atoms with Crippen LogP contribution in [0.2, 0.25) is 10.0 Å². The Kier molecular flexibility index (Phi) is 7.16. The van der Waals surface area contributed by atoms with E-state index in [1.807, 2.05) is 12.1 Å². The summed E-state index contributed by atoms with van der Waals surface area (Å²) in [6.45, 7) is 3.52. The van der Waals surface area contributed by atoms with Crippen LogP contribution in [0.15, 0.2) is 53.5 Å². The Hall–Kier alpha value is -3.44. The van der Waals surface area contributed by atoms with Gasteiger partial charge in [-0.05, 0) is 43.4 Å². The molecule has 0 spiro atoms. The Balaban J connectivity index is 1.41. The van der Waals surface area contributed by atoms with E-state index in [2.05, 4.69) is 49.2 Å². The van der Waals surface area contributed by atoms with Crippen LogP contribution in [0.1, 0.15) is 0 Å². The van der Waals surface area contributed by atoms with Gasteiger partial charge in [0, 0.05) is 44.3 Å². The van der Waals surface area contributed by atoms with Crippen molar-refractivity contribution in [2.24, 2.45) is 0 Å². The average Bonchev–Trinajstić information content (AvgIpc) is 2.86. The first kappa shape index (κ1) is 25.2. The summed E-state index contributed by atoms with van der Waals surface area (Å²) in [4.78, 5) is 29.0. The van der Waals surface area contributed by atoms with E-state index in [-0.39, 0.29) is 32.9 Å². The highest BCUT2D eigenvalue weighted by Gasteiger charge is 2.25. The van der Waals surface area contributed by atoms with Crippen molar-refractivity contribution < 1.29 is 4.74 Å². The second kappa shape index (κ2) is 10.5. The Morgan fingerprint density at radius 3 is 2.59 bits per heavy atom. The van der Waals surface area contributed by atoms with E-state index in [1.165, 1.54) is 6.20 Å². The SMILES string of the molecule is COC[C@H]1CN(C)CCN1c1ccc(Nc2ncc3c(=N)n(-c4c(Cl)cccc4Cl)c(=O)[nH]c3n2)cc1. The van der Waals surface area contributed by atoms with Gasteiger partial charge in [0.15, 0.2) is 5.65 Å². The number of anilines is 3. The van der Waals surface area contributed by atoms with E-state index >= 15 is 0 Å². The molecule has 1 aliphatic rings. The minimum atomic E-state index is -0.584. The number of benzene rings is 2. The fourth-order valence-electron chi connectivity index (χ4n) is 4.56. The van der Waals surface area contributed by atoms with Gasteiger partial charge in [0.1, 0.15) is 5.49 Å². The lowest BCUT2D eigenvalue weighted by Crippen LogP contribution is -2.53. The smallest absolute Gasteiger partial charge is 0.333 e. The Morgan fingerprint density at radius 1 is 1.16 bits per heavy atom. The predicted octanol–water partition coefficient (Wildman–Crippen LogP) is 3.41. The molecule has 2 aromatic carbocycles. The van der Waals surface area contributed by atoms with Crippen molar-refractivity contribution in [1.82, 2.24) is 24.4 Å². The fourth-order valence-corrected chi connectivity index (χ4v) is 5.12. The summed E-state index contributed by atoms with van der Waals surface area (Å²) in [5, 5.41) is 12.6. The predicted molar refractivity (Wildman–Crippen MR) is 146 cm³/mol. The molecule has 0 unspecified atom stereocenters. The second-order valence-electron chi connectivity index (χ2n) is 8.88. The van der Waals surface area contributed by atoms with Gasteiger partial charge in [-0.3, -0.25) is 10.4 Å². The number of ether oxygens (including phenoxy) is 1. The van der Waals surface area contributed by atoms with E-state index in [0.717, 1.165) is 35.6 Å². The van der Waals surface area contributed by atoms with Crippen molar-refractivity contribution in [2.75, 3.05) is 50.6 Å². The molecule has 1 atom stereocenters. The zero-order chi connectivity index (χ0) is 26.1. The molecule has 37 heavy (non-hydrogen) atoms. The summed E-state index contributed by atoms with van der Waals surface area (Å²) in [7, 11) is 3.85. The highest BCUT2D eigenvalue weighted by Crippen LogP contribution is 2.27. The molecule has 0 amide bonds. The number of rotatable bonds is 6. The Bertz CT molecular complexity index is 1530. The molecule has 1 saturated heterocycles. The van der Waals surface area contributed by atoms with Crippen LogP contribution in [0.25, 0.3) is 16.7 Å². The number of methoxy groups -OCH3 is 1. The largest absolute Gasteiger partial charge is 0.383 e. The van der Waals surface area contributed by atoms with Crippen molar-refractivity contribution in [3.63, 3.8) is 0 Å². The van der Waals surface area contributed by atoms with E-state index in [0.29, 0.717) is 17.9 Å². The van der Waals surface area contributed by atoms with Gasteiger partial charge in [0.05, 0.1) is 33.8 Å². The molecule has 2 aromatic heterocycles. The third-order valence-electron chi connectivity index (χ3n) is 6.36. The number of nitrogens with one attached hydrogen (secondary N) is 3. The highest BCUT2D eigenvalue weighted by molar-refractivity contribution is 6.37. The molecule has 0 aliphatic carbocycles. The van der Waals surface area contributed by atoms with Crippen molar-refractivity contribution in [2.45, 2.75) is 6.04 Å². The molecule has 0 saturated carbocycles. The Morgan fingerprint density at radius 2 is 1.89 bits per heavy atom. The summed E-state index contributed by atoms with van der Waals surface area (Å²) >= 11 is 12.5. The number of aromatic amines is 1. The van der Waals surface area contributed by atoms with Crippen LogP contribution in [-0.2, 0) is 4.74 Å². The van der Waals surface area contributed by atoms with E-state index in [1.54, 1.807) is 25.3 Å². The molecule has 4 aromatic rings. The number of likely N-dealkylation sites (N-methyl/N-ethyl adjacent to an activating group) is 1. The maximum Gasteiger partial charge on any atom is 0.333 e. The first-order valence-corrected chi connectivity index (χ1v) is 12.4. The molecule has 1 fully saturated rings. The quantitative estimate of drug-likeness (QED) is 0.343. The van der Waals surface area contributed by atoms with Crippen molar-refractivity contribution in [3.05, 3.63) is 74.7 Å². The summed E-state index contributed by atoms with van der Waals surface area (Å²) in [5.74, 6) is 0.292. The number of fused-ring (bicyclic) bond motifs is 1. The van der Waals surface area contributed by atoms with Crippen molar-refractivity contribution >= 4 is 51.6 Å². The normalized spacial score (nSPS) is 16.3. The molecule has 3 heterocycles. The van der Waals surface area contributed by atoms with E-state index in [4.69, 9.17) is 33.3 Å². The van der Waals surface area contributed by atoms with Crippen LogP contribution in [0.5, 0.6) is 0 Å². The average molecular weight is 541 g/mol. The number of hydrogen-bond acceptors (Lipinski definition) is 8. The number of para-hydroxylation sites is 1. The fraction of sp³-hybridized carbons (Fsp3) is 0.280. The van der Waals surface area contributed by atoms with Gasteiger partial charge in [-0.25, -0.2) is 14.3 Å². The van der Waals surface area contributed by atoms with Gasteiger partial charge in [-0.15, -0.1) is 0 Å². The molecule has 0 radical (unpaired) electrons. The van der Waals surface area contributed by atoms with Crippen LogP contribution in [0.4, 0.5) is 17.3 Å². The molecule has 0 bridgehead atoms. The minimum absolute atomic E-state index is 0.123. The van der Waals surface area contributed by atoms with Crippen LogP contribution in [0.3, 0.4) is 0 Å². The van der Waals surface area contributed by atoms with Gasteiger partial charge in [-0.2, -0.15) is 4.98 Å². The zero-order valence-electron chi connectivity index (χ0n) is 20.3. The molecular weight excluding hydrogens is 515 g/mol. The van der Waals surface area contributed by atoms with Gasteiger partial charge in [0.2, 0.25) is 5.95 Å². The lowest BCUT2D eigenvalue weighted by Gasteiger charge is -2.41. The highest BCUT2D eigenvalue weighted by atomic mass is 35.5. The summed E-state index contributed by atoms with van der Waals surface area (Å²) in [6.07, 6.45) is 1.48. The third-order valence-corrected chi connectivity index (χ3v) is 6.97. The summed E-state index contributed by atoms with van der Waals surface area (Å²) in [5.41, 5.74) is 1.66. The van der Waals surface area contributed by atoms with E-state index in [9.17, 15) is 4.79 Å². The van der Waals surface area contributed by atoms with Gasteiger partial charge in [-0.1, -0.05) is 29.3 Å². The van der Waals surface area contributed by atoms with E-state index < -0.39 is 5.69 Å². The van der Waals surface area contributed by atoms with Gasteiger partial charge >= 0.3 is 5.69 Å². The molecule has 3 N–H and O–H groups in total. The molecule has 10 nitrogen and oxygen atoms in total. The monoisotopic (exact) mass is 540 g/mol. The number of aromatic nitrogens is 4. The van der Waals surface area contributed by atoms with Gasteiger partial charge in [0.25, 0.3) is 0 Å². The van der Waals surface area contributed by atoms with Crippen LogP contribution < -0.4 is 21.4 Å². The maximum atomic E-state index is 12.9. The minimum Gasteiger partial charge on any atom is -0.383 e. The number of halogens is 2. The van der Waals surface area contributed by atoms with Crippen molar-refractivity contribution in [1.29, 1.82) is 5.41 Å². The van der Waals surface area contributed by atoms with Gasteiger partial charge < -0.3 is 19.9 Å². The standard InChI is InChI=1S/C25H26Cl2N8O2/c1-33-10-11-34(17(13-33)14-37-2)16-8-6-15(7-9-16)30-24-29-12-18-22(28)35(25(36)32-23(18)31-24)21-19(26)4-3-5-20(21)27/h3-9,12,17,28H,10-11,13-14H2,1-2H3,(H2,29,30,31,32,36)/t17-/m1/s1. The molecule has 1 aliphatic heterocycles. The number of hydrogen-bond donors (Lipinski definition) is 3. The number of nitrogens with zero attached hydrogens (tertiary/aromatic N) is 5. The number of H-pyrrole nitrogens is 1. The second-order valence-corrected chi connectivity index (χ2v) is 9.69. The summed E-state index contributed by atoms with van der Waals surface area (Å²) < 4.78 is 6.54. The van der Waals surface area contributed by atoms with Crippen molar-refractivity contribution in [3.8, 4) is 5.69 Å². The van der Waals surface area contributed by atoms with Crippen LogP contribution >= 0.6 is 23.2 Å². The molecular formula is C25H26Cl2N8O2. The maximum absolute atomic E-state index is 12.9. The lowest BCUT2D eigenvalue weighted by molar-refractivity contribution is 0.143. The third kappa shape index (κ3) is 5.05. The Labute approximate surface area is 223 Å². The first-order valence-electron chi connectivity index (χ1n) is 11.7. The molecule has 192 valence electrons. The molecule has 5 rings (SSSR count). The van der Waals surface area contributed by atoms with Crippen LogP contribution in [0, 0.1) is 5.41 Å². The lowest BCUT2D eigenvalue weighted by atomic mass is 10.1. The first-order chi connectivity index (χ1) is 17.9. The summed E-state index contributed by atoms with van der Waals surface area (Å²) in [6, 6.07) is 13.2. The zero-order valence-corrected chi connectivity index (χ0v) is 21.8.